The number of aromatic hydroxyl groups is 1. The molecule has 3 N–H and O–H groups in total. The molecule has 7 heteroatoms. The predicted molar refractivity (Wildman–Crippen MR) is 85.2 cm³/mol. The lowest BCUT2D eigenvalue weighted by atomic mass is 9.87. The van der Waals surface area contributed by atoms with Crippen LogP contribution in [-0.2, 0) is 4.79 Å². The predicted octanol–water partition coefficient (Wildman–Crippen LogP) is 1.95. The number of carbonyl (C=O) groups is 1. The van der Waals surface area contributed by atoms with Crippen LogP contribution in [0.5, 0.6) is 11.5 Å². The standard InChI is InChI=1S/C16H19N3O4/c1-8(2)19-15-14(16(22)18-19)10(7-13(21)17-15)9-4-5-11(20)12(6-9)23-3/h4-6,8,10,20H,7H2,1-3H3,(H,17,21)(H,18,22)/t10-/m1/s1. The van der Waals surface area contributed by atoms with E-state index in [4.69, 9.17) is 4.74 Å². The van der Waals surface area contributed by atoms with Gasteiger partial charge in [0.05, 0.1) is 12.7 Å². The van der Waals surface area contributed by atoms with Crippen LogP contribution in [0.1, 0.15) is 43.4 Å². The van der Waals surface area contributed by atoms with E-state index < -0.39 is 0 Å². The summed E-state index contributed by atoms with van der Waals surface area (Å²) < 4.78 is 6.79. The second-order valence-electron chi connectivity index (χ2n) is 5.90. The van der Waals surface area contributed by atoms with Crippen molar-refractivity contribution in [2.24, 2.45) is 0 Å². The molecule has 0 unspecified atom stereocenters. The molecular formula is C16H19N3O4. The normalized spacial score (nSPS) is 17.0. The van der Waals surface area contributed by atoms with Gasteiger partial charge >= 0.3 is 0 Å². The van der Waals surface area contributed by atoms with Crippen LogP contribution in [0.4, 0.5) is 5.82 Å². The molecule has 0 spiro atoms. The lowest BCUT2D eigenvalue weighted by molar-refractivity contribution is -0.116. The molecule has 0 saturated heterocycles. The molecule has 23 heavy (non-hydrogen) atoms. The first-order valence-electron chi connectivity index (χ1n) is 7.43. The number of aromatic amines is 1. The Hall–Kier alpha value is -2.70. The number of rotatable bonds is 3. The van der Waals surface area contributed by atoms with Crippen LogP contribution in [0.25, 0.3) is 0 Å². The first-order valence-corrected chi connectivity index (χ1v) is 7.43. The van der Waals surface area contributed by atoms with E-state index in [2.05, 4.69) is 10.4 Å². The molecule has 1 amide bonds. The number of benzene rings is 1. The number of aromatic nitrogens is 2. The number of phenolic OH excluding ortho intramolecular Hbond substituents is 1. The average Bonchev–Trinajstić information content (AvgIpc) is 2.84. The third-order valence-electron chi connectivity index (χ3n) is 4.08. The zero-order valence-electron chi connectivity index (χ0n) is 13.2. The summed E-state index contributed by atoms with van der Waals surface area (Å²) in [5, 5.41) is 15.3. The van der Waals surface area contributed by atoms with E-state index in [1.54, 1.807) is 16.8 Å². The summed E-state index contributed by atoms with van der Waals surface area (Å²) in [4.78, 5) is 24.5. The van der Waals surface area contributed by atoms with Gasteiger partial charge in [-0.05, 0) is 31.5 Å². The van der Waals surface area contributed by atoms with Crippen molar-refractivity contribution in [2.45, 2.75) is 32.2 Å². The Labute approximate surface area is 132 Å². The molecule has 7 nitrogen and oxygen atoms in total. The van der Waals surface area contributed by atoms with Crippen LogP contribution in [-0.4, -0.2) is 27.9 Å². The van der Waals surface area contributed by atoms with Crippen molar-refractivity contribution in [3.05, 3.63) is 39.7 Å². The third-order valence-corrected chi connectivity index (χ3v) is 4.08. The first kappa shape index (κ1) is 15.2. The SMILES string of the molecule is COc1cc([C@H]2CC(=O)Nc3c2c(=O)[nH]n3C(C)C)ccc1O. The van der Waals surface area contributed by atoms with Crippen molar-refractivity contribution < 1.29 is 14.6 Å². The maximum atomic E-state index is 12.4. The van der Waals surface area contributed by atoms with Gasteiger partial charge in [0.15, 0.2) is 11.5 Å². The third kappa shape index (κ3) is 2.48. The minimum atomic E-state index is -0.378. The second kappa shape index (κ2) is 5.49. The van der Waals surface area contributed by atoms with Gasteiger partial charge in [0, 0.05) is 18.4 Å². The van der Waals surface area contributed by atoms with Crippen LogP contribution in [0.3, 0.4) is 0 Å². The fourth-order valence-electron chi connectivity index (χ4n) is 2.97. The van der Waals surface area contributed by atoms with E-state index in [1.165, 1.54) is 13.2 Å². The van der Waals surface area contributed by atoms with Gasteiger partial charge in [-0.3, -0.25) is 19.4 Å². The van der Waals surface area contributed by atoms with Crippen LogP contribution in [0.15, 0.2) is 23.0 Å². The number of phenols is 1. The molecule has 0 fully saturated rings. The Morgan fingerprint density at radius 3 is 2.74 bits per heavy atom. The number of nitrogens with zero attached hydrogens (tertiary/aromatic N) is 1. The molecule has 0 saturated carbocycles. The molecule has 0 radical (unpaired) electrons. The molecule has 0 aliphatic carbocycles. The molecule has 2 aromatic rings. The van der Waals surface area contributed by atoms with Gasteiger partial charge in [-0.25, -0.2) is 0 Å². The van der Waals surface area contributed by atoms with E-state index in [0.29, 0.717) is 17.1 Å². The Morgan fingerprint density at radius 2 is 2.09 bits per heavy atom. The lowest BCUT2D eigenvalue weighted by Gasteiger charge is -2.24. The minimum Gasteiger partial charge on any atom is -0.504 e. The van der Waals surface area contributed by atoms with Crippen molar-refractivity contribution in [3.8, 4) is 11.5 Å². The molecule has 0 bridgehead atoms. The van der Waals surface area contributed by atoms with Crippen molar-refractivity contribution in [2.75, 3.05) is 12.4 Å². The Morgan fingerprint density at radius 1 is 1.35 bits per heavy atom. The van der Waals surface area contributed by atoms with Gasteiger partial charge in [0.25, 0.3) is 5.56 Å². The van der Waals surface area contributed by atoms with Gasteiger partial charge in [0.1, 0.15) is 5.82 Å². The van der Waals surface area contributed by atoms with E-state index in [0.717, 1.165) is 5.56 Å². The molecule has 1 aromatic carbocycles. The zero-order valence-corrected chi connectivity index (χ0v) is 13.2. The van der Waals surface area contributed by atoms with Crippen molar-refractivity contribution in [3.63, 3.8) is 0 Å². The topological polar surface area (TPSA) is 96.4 Å². The van der Waals surface area contributed by atoms with Gasteiger partial charge in [-0.1, -0.05) is 6.07 Å². The number of nitrogens with one attached hydrogen (secondary N) is 2. The van der Waals surface area contributed by atoms with E-state index in [-0.39, 0.29) is 35.6 Å². The zero-order chi connectivity index (χ0) is 16.7. The highest BCUT2D eigenvalue weighted by atomic mass is 16.5. The highest BCUT2D eigenvalue weighted by Gasteiger charge is 2.33. The molecule has 1 aliphatic rings. The number of anilines is 1. The fraction of sp³-hybridized carbons (Fsp3) is 0.375. The highest BCUT2D eigenvalue weighted by Crippen LogP contribution is 2.38. The van der Waals surface area contributed by atoms with Gasteiger partial charge in [-0.15, -0.1) is 0 Å². The number of methoxy groups -OCH3 is 1. The van der Waals surface area contributed by atoms with Crippen molar-refractivity contribution in [1.29, 1.82) is 0 Å². The van der Waals surface area contributed by atoms with Crippen LogP contribution >= 0.6 is 0 Å². The van der Waals surface area contributed by atoms with Crippen molar-refractivity contribution in [1.82, 2.24) is 9.78 Å². The number of amides is 1. The van der Waals surface area contributed by atoms with Crippen molar-refractivity contribution >= 4 is 11.7 Å². The fourth-order valence-corrected chi connectivity index (χ4v) is 2.97. The summed E-state index contributed by atoms with van der Waals surface area (Å²) >= 11 is 0. The molecule has 122 valence electrons. The molecule has 1 aliphatic heterocycles. The average molecular weight is 317 g/mol. The quantitative estimate of drug-likeness (QED) is 0.806. The summed E-state index contributed by atoms with van der Waals surface area (Å²) in [5.41, 5.74) is 1.07. The van der Waals surface area contributed by atoms with Crippen LogP contribution < -0.4 is 15.6 Å². The number of hydrogen-bond acceptors (Lipinski definition) is 4. The van der Waals surface area contributed by atoms with Gasteiger partial charge < -0.3 is 15.2 Å². The summed E-state index contributed by atoms with van der Waals surface area (Å²) in [6.07, 6.45) is 0.173. The Bertz CT molecular complexity index is 819. The summed E-state index contributed by atoms with van der Waals surface area (Å²) in [6, 6.07) is 4.89. The highest BCUT2D eigenvalue weighted by molar-refractivity contribution is 5.94. The molecule has 3 rings (SSSR count). The molecule has 1 aromatic heterocycles. The lowest BCUT2D eigenvalue weighted by Crippen LogP contribution is -2.27. The number of ether oxygens (including phenoxy) is 1. The summed E-state index contributed by atoms with van der Waals surface area (Å²) in [5.74, 6) is 0.318. The first-order chi connectivity index (χ1) is 10.9. The van der Waals surface area contributed by atoms with E-state index >= 15 is 0 Å². The van der Waals surface area contributed by atoms with E-state index in [9.17, 15) is 14.7 Å². The Balaban J connectivity index is 2.16. The Kier molecular flexibility index (Phi) is 3.63. The maximum Gasteiger partial charge on any atom is 0.270 e. The maximum absolute atomic E-state index is 12.4. The van der Waals surface area contributed by atoms with Crippen LogP contribution in [0, 0.1) is 0 Å². The number of fused-ring (bicyclic) bond motifs is 1. The number of carbonyl (C=O) groups excluding carboxylic acids is 1. The minimum absolute atomic E-state index is 0.0138. The molecule has 1 atom stereocenters. The van der Waals surface area contributed by atoms with Gasteiger partial charge in [0.2, 0.25) is 5.91 Å². The van der Waals surface area contributed by atoms with Gasteiger partial charge in [-0.2, -0.15) is 0 Å². The largest absolute Gasteiger partial charge is 0.504 e. The molecule has 2 heterocycles. The smallest absolute Gasteiger partial charge is 0.270 e. The second-order valence-corrected chi connectivity index (χ2v) is 5.90. The van der Waals surface area contributed by atoms with Crippen LogP contribution in [0.2, 0.25) is 0 Å². The molecular weight excluding hydrogens is 298 g/mol. The summed E-state index contributed by atoms with van der Waals surface area (Å²) in [6.45, 7) is 3.85. The summed E-state index contributed by atoms with van der Waals surface area (Å²) in [7, 11) is 1.46. The monoisotopic (exact) mass is 317 g/mol. The number of hydrogen-bond donors (Lipinski definition) is 3. The van der Waals surface area contributed by atoms with E-state index in [1.807, 2.05) is 13.8 Å². The number of H-pyrrole nitrogens is 1.